The van der Waals surface area contributed by atoms with Gasteiger partial charge in [-0.15, -0.1) is 0 Å². The molecule has 20 heavy (non-hydrogen) atoms. The van der Waals surface area contributed by atoms with Gasteiger partial charge in [-0.3, -0.25) is 0 Å². The van der Waals surface area contributed by atoms with Crippen LogP contribution in [0.1, 0.15) is 6.92 Å². The number of hydrogen-bond acceptors (Lipinski definition) is 2. The SMILES string of the molecule is CCN(CCNc1ccccc1Br)c1ccccc1F. The summed E-state index contributed by atoms with van der Waals surface area (Å²) < 4.78 is 14.8. The zero-order valence-corrected chi connectivity index (χ0v) is 13.0. The number of hydrogen-bond donors (Lipinski definition) is 1. The molecule has 0 spiro atoms. The molecule has 0 aliphatic rings. The summed E-state index contributed by atoms with van der Waals surface area (Å²) in [5.41, 5.74) is 1.71. The summed E-state index contributed by atoms with van der Waals surface area (Å²) in [7, 11) is 0. The Labute approximate surface area is 127 Å². The lowest BCUT2D eigenvalue weighted by molar-refractivity contribution is 0.619. The van der Waals surface area contributed by atoms with Crippen molar-refractivity contribution in [3.8, 4) is 0 Å². The van der Waals surface area contributed by atoms with Crippen molar-refractivity contribution >= 4 is 27.3 Å². The molecular weight excluding hydrogens is 319 g/mol. The highest BCUT2D eigenvalue weighted by Crippen LogP contribution is 2.21. The van der Waals surface area contributed by atoms with Crippen LogP contribution in [0.4, 0.5) is 15.8 Å². The van der Waals surface area contributed by atoms with E-state index < -0.39 is 0 Å². The first-order valence-electron chi connectivity index (χ1n) is 6.70. The fraction of sp³-hybridized carbons (Fsp3) is 0.250. The van der Waals surface area contributed by atoms with E-state index in [0.717, 1.165) is 29.8 Å². The van der Waals surface area contributed by atoms with Crippen LogP contribution in [0, 0.1) is 5.82 Å². The molecule has 2 aromatic rings. The number of nitrogens with zero attached hydrogens (tertiary/aromatic N) is 1. The van der Waals surface area contributed by atoms with Crippen LogP contribution in [-0.4, -0.2) is 19.6 Å². The Hall–Kier alpha value is -1.55. The lowest BCUT2D eigenvalue weighted by atomic mass is 10.2. The van der Waals surface area contributed by atoms with Gasteiger partial charge in [0.25, 0.3) is 0 Å². The topological polar surface area (TPSA) is 15.3 Å². The lowest BCUT2D eigenvalue weighted by Crippen LogP contribution is -2.29. The van der Waals surface area contributed by atoms with Crippen molar-refractivity contribution in [2.75, 3.05) is 29.9 Å². The normalized spacial score (nSPS) is 10.3. The summed E-state index contributed by atoms with van der Waals surface area (Å²) >= 11 is 3.50. The van der Waals surface area contributed by atoms with Gasteiger partial charge >= 0.3 is 0 Å². The van der Waals surface area contributed by atoms with Gasteiger partial charge in [-0.2, -0.15) is 0 Å². The highest BCUT2D eigenvalue weighted by molar-refractivity contribution is 9.10. The summed E-state index contributed by atoms with van der Waals surface area (Å²) in [5.74, 6) is -0.171. The van der Waals surface area contributed by atoms with E-state index in [9.17, 15) is 4.39 Å². The molecule has 0 amide bonds. The molecule has 2 rings (SSSR count). The monoisotopic (exact) mass is 336 g/mol. The number of para-hydroxylation sites is 2. The summed E-state index contributed by atoms with van der Waals surface area (Å²) in [5, 5.41) is 3.36. The first-order valence-corrected chi connectivity index (χ1v) is 7.49. The van der Waals surface area contributed by atoms with Gasteiger partial charge in [0.1, 0.15) is 5.82 Å². The fourth-order valence-corrected chi connectivity index (χ4v) is 2.51. The number of benzene rings is 2. The largest absolute Gasteiger partial charge is 0.382 e. The number of rotatable bonds is 6. The van der Waals surface area contributed by atoms with E-state index in [0.29, 0.717) is 5.69 Å². The highest BCUT2D eigenvalue weighted by Gasteiger charge is 2.08. The smallest absolute Gasteiger partial charge is 0.146 e. The first kappa shape index (κ1) is 14.9. The zero-order chi connectivity index (χ0) is 14.4. The van der Waals surface area contributed by atoms with Gasteiger partial charge in [0, 0.05) is 29.8 Å². The predicted octanol–water partition coefficient (Wildman–Crippen LogP) is 4.53. The Morgan fingerprint density at radius 1 is 1.10 bits per heavy atom. The number of nitrogens with one attached hydrogen (secondary N) is 1. The summed E-state index contributed by atoms with van der Waals surface area (Å²) in [6.45, 7) is 4.31. The maximum Gasteiger partial charge on any atom is 0.146 e. The van der Waals surface area contributed by atoms with Crippen LogP contribution >= 0.6 is 15.9 Å². The van der Waals surface area contributed by atoms with E-state index >= 15 is 0 Å². The average molecular weight is 337 g/mol. The molecule has 0 aliphatic carbocycles. The summed E-state index contributed by atoms with van der Waals surface area (Å²) in [6.07, 6.45) is 0. The molecule has 0 bridgehead atoms. The average Bonchev–Trinajstić information content (AvgIpc) is 2.46. The quantitative estimate of drug-likeness (QED) is 0.833. The third kappa shape index (κ3) is 3.73. The molecule has 0 aromatic heterocycles. The number of likely N-dealkylation sites (N-methyl/N-ethyl adjacent to an activating group) is 1. The molecule has 0 fully saturated rings. The summed E-state index contributed by atoms with van der Waals surface area (Å²) in [4.78, 5) is 2.03. The van der Waals surface area contributed by atoms with Crippen LogP contribution in [0.15, 0.2) is 53.0 Å². The van der Waals surface area contributed by atoms with Crippen LogP contribution in [-0.2, 0) is 0 Å². The molecule has 4 heteroatoms. The molecule has 0 saturated carbocycles. The van der Waals surface area contributed by atoms with E-state index in [1.807, 2.05) is 48.2 Å². The minimum absolute atomic E-state index is 0.171. The van der Waals surface area contributed by atoms with Crippen molar-refractivity contribution < 1.29 is 4.39 Å². The van der Waals surface area contributed by atoms with Crippen molar-refractivity contribution in [1.82, 2.24) is 0 Å². The third-order valence-electron chi connectivity index (χ3n) is 3.15. The molecule has 0 heterocycles. The second-order valence-electron chi connectivity index (χ2n) is 4.44. The Balaban J connectivity index is 1.95. The standard InChI is InChI=1S/C16H18BrFN2/c1-2-20(16-10-6-4-8-14(16)18)12-11-19-15-9-5-3-7-13(15)17/h3-10,19H,2,11-12H2,1H3. The van der Waals surface area contributed by atoms with Crippen molar-refractivity contribution in [1.29, 1.82) is 0 Å². The van der Waals surface area contributed by atoms with Gasteiger partial charge < -0.3 is 10.2 Å². The van der Waals surface area contributed by atoms with E-state index in [-0.39, 0.29) is 5.82 Å². The van der Waals surface area contributed by atoms with Gasteiger partial charge in [0.2, 0.25) is 0 Å². The molecule has 0 atom stereocenters. The van der Waals surface area contributed by atoms with Gasteiger partial charge in [0.05, 0.1) is 5.69 Å². The zero-order valence-electron chi connectivity index (χ0n) is 11.4. The summed E-state index contributed by atoms with van der Waals surface area (Å²) in [6, 6.07) is 14.9. The number of anilines is 2. The van der Waals surface area contributed by atoms with E-state index in [1.54, 1.807) is 6.07 Å². The third-order valence-corrected chi connectivity index (χ3v) is 3.84. The molecule has 2 aromatic carbocycles. The molecule has 0 radical (unpaired) electrons. The minimum atomic E-state index is -0.171. The van der Waals surface area contributed by atoms with Gasteiger partial charge in [-0.1, -0.05) is 24.3 Å². The van der Waals surface area contributed by atoms with Crippen molar-refractivity contribution in [3.63, 3.8) is 0 Å². The lowest BCUT2D eigenvalue weighted by Gasteiger charge is -2.24. The Bertz CT molecular complexity index is 560. The molecule has 0 unspecified atom stereocenters. The van der Waals surface area contributed by atoms with E-state index in [4.69, 9.17) is 0 Å². The molecule has 2 nitrogen and oxygen atoms in total. The van der Waals surface area contributed by atoms with Gasteiger partial charge in [0.15, 0.2) is 0 Å². The predicted molar refractivity (Wildman–Crippen MR) is 86.9 cm³/mol. The minimum Gasteiger partial charge on any atom is -0.382 e. The maximum absolute atomic E-state index is 13.8. The van der Waals surface area contributed by atoms with Crippen molar-refractivity contribution in [3.05, 3.63) is 58.8 Å². The number of halogens is 2. The fourth-order valence-electron chi connectivity index (χ4n) is 2.09. The van der Waals surface area contributed by atoms with Crippen LogP contribution in [0.5, 0.6) is 0 Å². The van der Waals surface area contributed by atoms with Crippen molar-refractivity contribution in [2.45, 2.75) is 6.92 Å². The van der Waals surface area contributed by atoms with Crippen molar-refractivity contribution in [2.24, 2.45) is 0 Å². The molecule has 106 valence electrons. The van der Waals surface area contributed by atoms with Gasteiger partial charge in [-0.05, 0) is 47.1 Å². The van der Waals surface area contributed by atoms with Gasteiger partial charge in [-0.25, -0.2) is 4.39 Å². The molecule has 1 N–H and O–H groups in total. The Morgan fingerprint density at radius 3 is 2.50 bits per heavy atom. The second-order valence-corrected chi connectivity index (χ2v) is 5.29. The second kappa shape index (κ2) is 7.29. The molecule has 0 saturated heterocycles. The molecule has 0 aliphatic heterocycles. The maximum atomic E-state index is 13.8. The van der Waals surface area contributed by atoms with E-state index in [1.165, 1.54) is 6.07 Å². The Morgan fingerprint density at radius 2 is 1.80 bits per heavy atom. The highest BCUT2D eigenvalue weighted by atomic mass is 79.9. The van der Waals surface area contributed by atoms with Crippen LogP contribution in [0.25, 0.3) is 0 Å². The van der Waals surface area contributed by atoms with Crippen LogP contribution < -0.4 is 10.2 Å². The molecular formula is C16H18BrFN2. The Kier molecular flexibility index (Phi) is 5.41. The first-order chi connectivity index (χ1) is 9.72. The van der Waals surface area contributed by atoms with Crippen LogP contribution in [0.3, 0.4) is 0 Å². The van der Waals surface area contributed by atoms with E-state index in [2.05, 4.69) is 21.2 Å². The van der Waals surface area contributed by atoms with Crippen LogP contribution in [0.2, 0.25) is 0 Å².